The maximum absolute atomic E-state index is 12.1. The van der Waals surface area contributed by atoms with E-state index in [9.17, 15) is 9.59 Å². The molecule has 0 aromatic heterocycles. The first-order valence-corrected chi connectivity index (χ1v) is 8.90. The van der Waals surface area contributed by atoms with Gasteiger partial charge in [-0.05, 0) is 36.5 Å². The Kier molecular flexibility index (Phi) is 8.44. The average molecular weight is 347 g/mol. The third-order valence-corrected chi connectivity index (χ3v) is 3.99. The summed E-state index contributed by atoms with van der Waals surface area (Å²) in [5.41, 5.74) is 1.68. The molecule has 0 saturated heterocycles. The summed E-state index contributed by atoms with van der Waals surface area (Å²) in [5.74, 6) is -1.21. The van der Waals surface area contributed by atoms with E-state index in [1.807, 2.05) is 37.4 Å². The van der Waals surface area contributed by atoms with Crippen LogP contribution in [0.4, 0.5) is 5.69 Å². The zero-order valence-corrected chi connectivity index (χ0v) is 14.5. The van der Waals surface area contributed by atoms with Crippen molar-refractivity contribution in [2.24, 2.45) is 0 Å². The molecule has 0 bridgehead atoms. The summed E-state index contributed by atoms with van der Waals surface area (Å²) < 4.78 is 0. The van der Waals surface area contributed by atoms with E-state index in [1.165, 1.54) is 18.0 Å². The van der Waals surface area contributed by atoms with Crippen molar-refractivity contribution < 1.29 is 14.7 Å². The van der Waals surface area contributed by atoms with Gasteiger partial charge in [-0.2, -0.15) is 17.0 Å². The summed E-state index contributed by atoms with van der Waals surface area (Å²) in [4.78, 5) is 23.3. The highest BCUT2D eigenvalue weighted by molar-refractivity contribution is 7.98. The van der Waals surface area contributed by atoms with Gasteiger partial charge in [0.25, 0.3) is 5.91 Å². The quantitative estimate of drug-likeness (QED) is 0.468. The van der Waals surface area contributed by atoms with Crippen LogP contribution in [-0.2, 0) is 16.0 Å². The van der Waals surface area contributed by atoms with Gasteiger partial charge in [-0.25, -0.2) is 4.79 Å². The van der Waals surface area contributed by atoms with Crippen LogP contribution in [0.2, 0.25) is 0 Å². The molecule has 3 N–H and O–H groups in total. The number of rotatable bonds is 9. The van der Waals surface area contributed by atoms with Gasteiger partial charge in [0.05, 0.1) is 0 Å². The predicted octanol–water partition coefficient (Wildman–Crippen LogP) is 2.39. The normalized spacial score (nSPS) is 12.1. The molecule has 7 heteroatoms. The van der Waals surface area contributed by atoms with Crippen LogP contribution < -0.4 is 10.6 Å². The third-order valence-electron chi connectivity index (χ3n) is 3.35. The fourth-order valence-corrected chi connectivity index (χ4v) is 2.47. The highest BCUT2D eigenvalue weighted by atomic mass is 32.2. The van der Waals surface area contributed by atoms with Crippen LogP contribution in [0.5, 0.6) is 0 Å². The van der Waals surface area contributed by atoms with Gasteiger partial charge in [-0.15, -0.1) is 0 Å². The van der Waals surface area contributed by atoms with Crippen LogP contribution in [0.25, 0.3) is 0 Å². The molecule has 0 aliphatic rings. The third kappa shape index (κ3) is 5.97. The molecule has 0 fully saturated rings. The van der Waals surface area contributed by atoms with E-state index < -0.39 is 17.9 Å². The molecule has 1 aromatic carbocycles. The Hall–Kier alpha value is -2.46. The Morgan fingerprint density at radius 1 is 1.42 bits per heavy atom. The van der Waals surface area contributed by atoms with E-state index in [0.717, 1.165) is 17.7 Å². The van der Waals surface area contributed by atoms with E-state index in [4.69, 9.17) is 10.4 Å². The van der Waals surface area contributed by atoms with Crippen LogP contribution in [0, 0.1) is 11.3 Å². The largest absolute Gasteiger partial charge is 0.480 e. The first kappa shape index (κ1) is 19.6. The molecule has 0 heterocycles. The number of para-hydroxylation sites is 1. The molecule has 6 nitrogen and oxygen atoms in total. The highest BCUT2D eigenvalue weighted by Gasteiger charge is 2.21. The summed E-state index contributed by atoms with van der Waals surface area (Å²) in [7, 11) is 0. The van der Waals surface area contributed by atoms with Crippen LogP contribution in [0.1, 0.15) is 18.9 Å². The van der Waals surface area contributed by atoms with Crippen molar-refractivity contribution in [3.8, 4) is 6.07 Å². The second-order valence-corrected chi connectivity index (χ2v) is 5.96. The van der Waals surface area contributed by atoms with Crippen LogP contribution in [-0.4, -0.2) is 35.0 Å². The molecule has 1 unspecified atom stereocenters. The smallest absolute Gasteiger partial charge is 0.326 e. The number of nitriles is 1. The number of carboxylic acid groups (broad SMARTS) is 1. The van der Waals surface area contributed by atoms with Gasteiger partial charge in [0.2, 0.25) is 0 Å². The monoisotopic (exact) mass is 347 g/mol. The molecule has 1 rings (SSSR count). The standard InChI is InChI=1S/C17H21N3O3S/c1-3-12-6-4-5-7-14(12)19-11-13(10-18)16(21)20-15(17(22)23)8-9-24-2/h4-7,11,15,19H,3,8-9H2,1-2H3,(H,20,21)(H,22,23)/b13-11-. The molecule has 0 saturated carbocycles. The van der Waals surface area contributed by atoms with Gasteiger partial charge in [0.1, 0.15) is 17.7 Å². The van der Waals surface area contributed by atoms with Crippen molar-refractivity contribution in [3.63, 3.8) is 0 Å². The number of aliphatic carboxylic acids is 1. The Morgan fingerprint density at radius 3 is 2.71 bits per heavy atom. The van der Waals surface area contributed by atoms with E-state index >= 15 is 0 Å². The second kappa shape index (κ2) is 10.3. The maximum atomic E-state index is 12.1. The minimum absolute atomic E-state index is 0.170. The molecule has 0 radical (unpaired) electrons. The van der Waals surface area contributed by atoms with Crippen molar-refractivity contribution in [2.75, 3.05) is 17.3 Å². The number of thioether (sulfide) groups is 1. The van der Waals surface area contributed by atoms with Gasteiger partial charge < -0.3 is 15.7 Å². The Morgan fingerprint density at radius 2 is 2.12 bits per heavy atom. The lowest BCUT2D eigenvalue weighted by atomic mass is 10.1. The summed E-state index contributed by atoms with van der Waals surface area (Å²) in [6, 6.07) is 8.35. The number of hydrogen-bond donors (Lipinski definition) is 3. The lowest BCUT2D eigenvalue weighted by molar-refractivity contribution is -0.141. The zero-order valence-electron chi connectivity index (χ0n) is 13.7. The van der Waals surface area contributed by atoms with Crippen molar-refractivity contribution >= 4 is 29.3 Å². The Labute approximate surface area is 145 Å². The van der Waals surface area contributed by atoms with E-state index in [0.29, 0.717) is 12.2 Å². The van der Waals surface area contributed by atoms with Crippen LogP contribution >= 0.6 is 11.8 Å². The number of nitrogens with one attached hydrogen (secondary N) is 2. The average Bonchev–Trinajstić information content (AvgIpc) is 2.59. The zero-order chi connectivity index (χ0) is 17.9. The lowest BCUT2D eigenvalue weighted by Crippen LogP contribution is -2.41. The van der Waals surface area contributed by atoms with Gasteiger partial charge in [0.15, 0.2) is 0 Å². The SMILES string of the molecule is CCc1ccccc1N/C=C(/C#N)C(=O)NC(CCSC)C(=O)O. The first-order valence-electron chi connectivity index (χ1n) is 7.50. The molecular weight excluding hydrogens is 326 g/mol. The minimum Gasteiger partial charge on any atom is -0.480 e. The fraction of sp³-hybridized carbons (Fsp3) is 0.353. The van der Waals surface area contributed by atoms with Crippen molar-refractivity contribution in [1.29, 1.82) is 5.26 Å². The van der Waals surface area contributed by atoms with E-state index in [1.54, 1.807) is 6.07 Å². The van der Waals surface area contributed by atoms with Crippen molar-refractivity contribution in [3.05, 3.63) is 41.6 Å². The number of aryl methyl sites for hydroxylation is 1. The van der Waals surface area contributed by atoms with Crippen LogP contribution in [0.15, 0.2) is 36.0 Å². The number of carboxylic acids is 1. The second-order valence-electron chi connectivity index (χ2n) is 4.97. The summed E-state index contributed by atoms with van der Waals surface area (Å²) >= 11 is 1.49. The summed E-state index contributed by atoms with van der Waals surface area (Å²) in [6.45, 7) is 2.01. The molecule has 0 aliphatic carbocycles. The predicted molar refractivity (Wildman–Crippen MR) is 95.7 cm³/mol. The molecule has 1 amide bonds. The van der Waals surface area contributed by atoms with Crippen molar-refractivity contribution in [2.45, 2.75) is 25.8 Å². The number of carbonyl (C=O) groups is 2. The number of carbonyl (C=O) groups excluding carboxylic acids is 1. The maximum Gasteiger partial charge on any atom is 0.326 e. The van der Waals surface area contributed by atoms with E-state index in [2.05, 4.69) is 10.6 Å². The molecule has 0 aliphatic heterocycles. The molecule has 128 valence electrons. The number of benzene rings is 1. The number of amides is 1. The molecule has 1 atom stereocenters. The topological polar surface area (TPSA) is 102 Å². The minimum atomic E-state index is -1.11. The molecular formula is C17H21N3O3S. The van der Waals surface area contributed by atoms with E-state index in [-0.39, 0.29) is 5.57 Å². The molecule has 1 aromatic rings. The van der Waals surface area contributed by atoms with Crippen LogP contribution in [0.3, 0.4) is 0 Å². The number of nitrogens with zero attached hydrogens (tertiary/aromatic N) is 1. The highest BCUT2D eigenvalue weighted by Crippen LogP contribution is 2.15. The molecule has 24 heavy (non-hydrogen) atoms. The van der Waals surface area contributed by atoms with Gasteiger partial charge in [-0.3, -0.25) is 4.79 Å². The Balaban J connectivity index is 2.82. The van der Waals surface area contributed by atoms with Crippen molar-refractivity contribution in [1.82, 2.24) is 5.32 Å². The van der Waals surface area contributed by atoms with Gasteiger partial charge in [-0.1, -0.05) is 25.1 Å². The fourth-order valence-electron chi connectivity index (χ4n) is 2.00. The molecule has 0 spiro atoms. The Bertz CT molecular complexity index is 653. The number of anilines is 1. The lowest BCUT2D eigenvalue weighted by Gasteiger charge is -2.13. The summed E-state index contributed by atoms with van der Waals surface area (Å²) in [5, 5.41) is 23.6. The summed E-state index contributed by atoms with van der Waals surface area (Å²) in [6.07, 6.45) is 4.27. The van der Waals surface area contributed by atoms with Gasteiger partial charge in [0, 0.05) is 11.9 Å². The van der Waals surface area contributed by atoms with Gasteiger partial charge >= 0.3 is 5.97 Å². The number of hydrogen-bond acceptors (Lipinski definition) is 5. The first-order chi connectivity index (χ1) is 11.5.